The fraction of sp³-hybridized carbons (Fsp3) is 0.909. The molecule has 0 aliphatic heterocycles. The van der Waals surface area contributed by atoms with Crippen LogP contribution in [0.15, 0.2) is 0 Å². The number of nitrogens with two attached hydrogens (primary N) is 1. The highest BCUT2D eigenvalue weighted by atomic mass is 15.6. The molecule has 18 heavy (non-hydrogen) atoms. The van der Waals surface area contributed by atoms with E-state index in [4.69, 9.17) is 5.84 Å². The zero-order chi connectivity index (χ0) is 13.2. The van der Waals surface area contributed by atoms with Gasteiger partial charge in [0.05, 0.1) is 7.05 Å². The Balaban J connectivity index is 2.16. The summed E-state index contributed by atoms with van der Waals surface area (Å²) in [6.45, 7) is 0. The first-order valence-corrected chi connectivity index (χ1v) is 6.45. The fourth-order valence-corrected chi connectivity index (χ4v) is 3.09. The largest absolute Gasteiger partial charge is 0.302 e. The number of hydrogen-bond donors (Lipinski definition) is 2. The summed E-state index contributed by atoms with van der Waals surface area (Å²) in [5, 5.41) is 12.2. The third-order valence-electron chi connectivity index (χ3n) is 4.15. The van der Waals surface area contributed by atoms with Crippen molar-refractivity contribution in [2.45, 2.75) is 43.7 Å². The van der Waals surface area contributed by atoms with Crippen molar-refractivity contribution in [3.63, 3.8) is 0 Å². The number of aromatic nitrogens is 4. The van der Waals surface area contributed by atoms with Crippen LogP contribution in [0.5, 0.6) is 0 Å². The molecule has 3 N–H and O–H groups in total. The first kappa shape index (κ1) is 13.4. The van der Waals surface area contributed by atoms with E-state index in [1.54, 1.807) is 7.05 Å². The Morgan fingerprint density at radius 2 is 2.11 bits per heavy atom. The zero-order valence-corrected chi connectivity index (χ0v) is 11.4. The smallest absolute Gasteiger partial charge is 0.176 e. The summed E-state index contributed by atoms with van der Waals surface area (Å²) in [6, 6.07) is 0.152. The lowest BCUT2D eigenvalue weighted by Crippen LogP contribution is -2.60. The Morgan fingerprint density at radius 3 is 2.56 bits per heavy atom. The monoisotopic (exact) mass is 253 g/mol. The van der Waals surface area contributed by atoms with Crippen molar-refractivity contribution < 1.29 is 0 Å². The highest BCUT2D eigenvalue weighted by Crippen LogP contribution is 2.37. The first-order valence-electron chi connectivity index (χ1n) is 6.45. The van der Waals surface area contributed by atoms with Gasteiger partial charge in [0.2, 0.25) is 0 Å². The Kier molecular flexibility index (Phi) is 3.94. The van der Waals surface area contributed by atoms with E-state index >= 15 is 0 Å². The van der Waals surface area contributed by atoms with Crippen molar-refractivity contribution >= 4 is 0 Å². The van der Waals surface area contributed by atoms with E-state index in [9.17, 15) is 0 Å². The Hall–Kier alpha value is -1.05. The van der Waals surface area contributed by atoms with Crippen LogP contribution in [0, 0.1) is 0 Å². The van der Waals surface area contributed by atoms with Gasteiger partial charge in [0.15, 0.2) is 5.82 Å². The summed E-state index contributed by atoms with van der Waals surface area (Å²) in [6.07, 6.45) is 5.54. The quantitative estimate of drug-likeness (QED) is 0.541. The highest BCUT2D eigenvalue weighted by Gasteiger charge is 2.43. The molecule has 2 rings (SSSR count). The van der Waals surface area contributed by atoms with E-state index < -0.39 is 0 Å². The van der Waals surface area contributed by atoms with Gasteiger partial charge in [0, 0.05) is 18.0 Å². The predicted molar refractivity (Wildman–Crippen MR) is 68.5 cm³/mol. The molecule has 1 atom stereocenters. The molecule has 0 saturated heterocycles. The third-order valence-corrected chi connectivity index (χ3v) is 4.15. The standard InChI is InChI=1S/C11H23N7/c1-17(2)11(6-4-5-7-11)9(13-12)8-10-14-16-18(3)15-10/h9,13H,4-8,12H2,1-3H3. The molecule has 1 aliphatic carbocycles. The summed E-state index contributed by atoms with van der Waals surface area (Å²) in [5.74, 6) is 6.51. The number of nitrogens with zero attached hydrogens (tertiary/aromatic N) is 5. The van der Waals surface area contributed by atoms with Crippen LogP contribution < -0.4 is 11.3 Å². The maximum atomic E-state index is 5.77. The molecule has 0 radical (unpaired) electrons. The van der Waals surface area contributed by atoms with Gasteiger partial charge in [-0.05, 0) is 32.2 Å². The van der Waals surface area contributed by atoms with Crippen LogP contribution in [0.1, 0.15) is 31.5 Å². The van der Waals surface area contributed by atoms with Crippen LogP contribution in [0.2, 0.25) is 0 Å². The molecule has 7 nitrogen and oxygen atoms in total. The van der Waals surface area contributed by atoms with Crippen molar-refractivity contribution in [3.8, 4) is 0 Å². The maximum Gasteiger partial charge on any atom is 0.176 e. The van der Waals surface area contributed by atoms with Crippen molar-refractivity contribution in [2.75, 3.05) is 14.1 Å². The van der Waals surface area contributed by atoms with E-state index in [1.807, 2.05) is 0 Å². The molecular weight excluding hydrogens is 230 g/mol. The van der Waals surface area contributed by atoms with Gasteiger partial charge in [0.1, 0.15) is 0 Å². The molecule has 1 fully saturated rings. The zero-order valence-electron chi connectivity index (χ0n) is 11.4. The second-order valence-electron chi connectivity index (χ2n) is 5.32. The average molecular weight is 253 g/mol. The molecule has 102 valence electrons. The average Bonchev–Trinajstić information content (AvgIpc) is 2.95. The molecule has 1 heterocycles. The highest BCUT2D eigenvalue weighted by molar-refractivity contribution is 5.04. The second kappa shape index (κ2) is 5.29. The van der Waals surface area contributed by atoms with E-state index in [2.05, 4.69) is 39.8 Å². The molecule has 1 aromatic heterocycles. The van der Waals surface area contributed by atoms with Gasteiger partial charge < -0.3 is 4.90 Å². The number of hydrogen-bond acceptors (Lipinski definition) is 6. The number of likely N-dealkylation sites (N-methyl/N-ethyl adjacent to an activating group) is 1. The number of nitrogens with one attached hydrogen (secondary N) is 1. The van der Waals surface area contributed by atoms with Crippen molar-refractivity contribution in [1.82, 2.24) is 30.5 Å². The fourth-order valence-electron chi connectivity index (χ4n) is 3.09. The van der Waals surface area contributed by atoms with E-state index in [0.717, 1.165) is 18.7 Å². The Labute approximate surface area is 108 Å². The van der Waals surface area contributed by atoms with Crippen LogP contribution in [0.4, 0.5) is 0 Å². The molecular formula is C11H23N7. The summed E-state index contributed by atoms with van der Waals surface area (Å²) in [5.41, 5.74) is 3.07. The van der Waals surface area contributed by atoms with E-state index in [0.29, 0.717) is 6.42 Å². The maximum absolute atomic E-state index is 5.77. The molecule has 0 bridgehead atoms. The Bertz CT molecular complexity index is 380. The molecule has 1 saturated carbocycles. The lowest BCUT2D eigenvalue weighted by Gasteiger charge is -2.42. The van der Waals surface area contributed by atoms with E-state index in [-0.39, 0.29) is 11.6 Å². The molecule has 0 amide bonds. The van der Waals surface area contributed by atoms with Gasteiger partial charge in [-0.2, -0.15) is 4.80 Å². The van der Waals surface area contributed by atoms with E-state index in [1.165, 1.54) is 17.6 Å². The van der Waals surface area contributed by atoms with Gasteiger partial charge in [-0.1, -0.05) is 12.8 Å². The summed E-state index contributed by atoms with van der Waals surface area (Å²) in [4.78, 5) is 3.78. The third kappa shape index (κ3) is 2.38. The molecule has 0 spiro atoms. The van der Waals surface area contributed by atoms with Crippen molar-refractivity contribution in [3.05, 3.63) is 5.82 Å². The second-order valence-corrected chi connectivity index (χ2v) is 5.32. The minimum absolute atomic E-state index is 0.105. The Morgan fingerprint density at radius 1 is 1.44 bits per heavy atom. The summed E-state index contributed by atoms with van der Waals surface area (Å²) in [7, 11) is 6.03. The SMILES string of the molecule is CN(C)C1(C(Cc2nnn(C)n2)NN)CCCC1. The van der Waals surface area contributed by atoms with Crippen LogP contribution in [-0.2, 0) is 13.5 Å². The van der Waals surface area contributed by atoms with Gasteiger partial charge in [-0.3, -0.25) is 11.3 Å². The number of tetrazole rings is 1. The van der Waals surface area contributed by atoms with Crippen LogP contribution >= 0.6 is 0 Å². The molecule has 1 aromatic rings. The van der Waals surface area contributed by atoms with Crippen molar-refractivity contribution in [1.29, 1.82) is 0 Å². The lowest BCUT2D eigenvalue weighted by atomic mass is 9.85. The van der Waals surface area contributed by atoms with Gasteiger partial charge in [0.25, 0.3) is 0 Å². The van der Waals surface area contributed by atoms with Crippen LogP contribution in [-0.4, -0.2) is 50.8 Å². The number of aryl methyl sites for hydroxylation is 1. The summed E-state index contributed by atoms with van der Waals surface area (Å²) < 4.78 is 0. The normalized spacial score (nSPS) is 20.5. The molecule has 0 aromatic carbocycles. The van der Waals surface area contributed by atoms with Crippen LogP contribution in [0.25, 0.3) is 0 Å². The predicted octanol–water partition coefficient (Wildman–Crippen LogP) is -0.541. The van der Waals surface area contributed by atoms with Gasteiger partial charge in [-0.25, -0.2) is 0 Å². The summed E-state index contributed by atoms with van der Waals surface area (Å²) >= 11 is 0. The number of hydrazine groups is 1. The van der Waals surface area contributed by atoms with Gasteiger partial charge in [-0.15, -0.1) is 10.2 Å². The molecule has 1 unspecified atom stereocenters. The first-order chi connectivity index (χ1) is 8.58. The minimum atomic E-state index is 0.105. The van der Waals surface area contributed by atoms with Crippen LogP contribution in [0.3, 0.4) is 0 Å². The van der Waals surface area contributed by atoms with Gasteiger partial charge >= 0.3 is 0 Å². The lowest BCUT2D eigenvalue weighted by molar-refractivity contribution is 0.103. The van der Waals surface area contributed by atoms with Crippen molar-refractivity contribution in [2.24, 2.45) is 12.9 Å². The molecule has 7 heteroatoms. The molecule has 1 aliphatic rings. The topological polar surface area (TPSA) is 84.9 Å². The minimum Gasteiger partial charge on any atom is -0.302 e. The number of rotatable bonds is 5.